The van der Waals surface area contributed by atoms with Gasteiger partial charge in [-0.05, 0) is 43.5 Å². The zero-order valence-corrected chi connectivity index (χ0v) is 19.6. The third-order valence-corrected chi connectivity index (χ3v) is 6.18. The summed E-state index contributed by atoms with van der Waals surface area (Å²) in [4.78, 5) is 6.78. The van der Waals surface area contributed by atoms with E-state index in [0.717, 1.165) is 36.1 Å². The van der Waals surface area contributed by atoms with Crippen molar-refractivity contribution in [1.29, 1.82) is 10.8 Å². The first kappa shape index (κ1) is 25.0. The molecule has 10 heteroatoms. The first-order chi connectivity index (χ1) is 16.3. The fourth-order valence-electron chi connectivity index (χ4n) is 4.25. The van der Waals surface area contributed by atoms with Crippen molar-refractivity contribution in [3.63, 3.8) is 0 Å². The standard InChI is InChI=1S/C24H33FN8O/c1-15-11-17(3-4-19(15)25)20-14-33(9-10-34)24(31-20)16-5-7-32(8-6-16)23(29)21(22(28)30-2)18(12-26)13-27/h3-4,11-14,16,26,29-30,34H,5-10,27-28H2,1-2H3/b18-13+,22-21-,26-12?,29-23?. The van der Waals surface area contributed by atoms with Crippen LogP contribution in [0, 0.1) is 23.6 Å². The number of likely N-dealkylation sites (tertiary alicyclic amines) is 1. The van der Waals surface area contributed by atoms with Gasteiger partial charge < -0.3 is 36.8 Å². The first-order valence-electron chi connectivity index (χ1n) is 11.2. The largest absolute Gasteiger partial charge is 0.404 e. The lowest BCUT2D eigenvalue weighted by molar-refractivity contribution is 0.265. The minimum absolute atomic E-state index is 0.00991. The monoisotopic (exact) mass is 468 g/mol. The molecule has 0 aliphatic carbocycles. The Morgan fingerprint density at radius 1 is 1.35 bits per heavy atom. The number of nitrogens with one attached hydrogen (secondary N) is 3. The molecular formula is C24H33FN8O. The molecule has 1 aliphatic rings. The number of amidine groups is 1. The van der Waals surface area contributed by atoms with E-state index in [4.69, 9.17) is 27.3 Å². The van der Waals surface area contributed by atoms with Crippen LogP contribution in [0.2, 0.25) is 0 Å². The van der Waals surface area contributed by atoms with Crippen molar-refractivity contribution >= 4 is 12.1 Å². The minimum atomic E-state index is -0.253. The topological polar surface area (TPSA) is 153 Å². The van der Waals surface area contributed by atoms with Gasteiger partial charge in [0.05, 0.1) is 17.9 Å². The lowest BCUT2D eigenvalue weighted by Gasteiger charge is -2.34. The highest BCUT2D eigenvalue weighted by molar-refractivity contribution is 6.07. The molecule has 0 spiro atoms. The molecule has 2 aromatic rings. The second-order valence-corrected chi connectivity index (χ2v) is 8.28. The van der Waals surface area contributed by atoms with Gasteiger partial charge in [-0.2, -0.15) is 0 Å². The van der Waals surface area contributed by atoms with Crippen molar-refractivity contribution < 1.29 is 9.50 Å². The molecule has 0 saturated carbocycles. The third kappa shape index (κ3) is 5.12. The van der Waals surface area contributed by atoms with E-state index in [-0.39, 0.29) is 30.0 Å². The summed E-state index contributed by atoms with van der Waals surface area (Å²) in [6, 6.07) is 4.94. The van der Waals surface area contributed by atoms with Gasteiger partial charge in [-0.25, -0.2) is 9.37 Å². The van der Waals surface area contributed by atoms with E-state index in [1.54, 1.807) is 26.1 Å². The number of nitrogens with two attached hydrogens (primary N) is 2. The van der Waals surface area contributed by atoms with Crippen LogP contribution in [-0.2, 0) is 6.54 Å². The van der Waals surface area contributed by atoms with E-state index < -0.39 is 0 Å². The maximum Gasteiger partial charge on any atom is 0.132 e. The molecule has 0 unspecified atom stereocenters. The van der Waals surface area contributed by atoms with E-state index in [1.165, 1.54) is 12.3 Å². The number of hydrogen-bond donors (Lipinski definition) is 6. The van der Waals surface area contributed by atoms with Gasteiger partial charge in [0.1, 0.15) is 23.3 Å². The zero-order valence-electron chi connectivity index (χ0n) is 19.6. The number of imidazole rings is 1. The van der Waals surface area contributed by atoms with Gasteiger partial charge in [0.25, 0.3) is 0 Å². The summed E-state index contributed by atoms with van der Waals surface area (Å²) in [7, 11) is 1.66. The van der Waals surface area contributed by atoms with E-state index >= 15 is 0 Å². The van der Waals surface area contributed by atoms with Crippen LogP contribution in [0.3, 0.4) is 0 Å². The summed E-state index contributed by atoms with van der Waals surface area (Å²) < 4.78 is 15.7. The summed E-state index contributed by atoms with van der Waals surface area (Å²) in [5.41, 5.74) is 14.6. The number of aliphatic hydroxyl groups is 1. The predicted octanol–water partition coefficient (Wildman–Crippen LogP) is 2.03. The molecule has 34 heavy (non-hydrogen) atoms. The Morgan fingerprint density at radius 2 is 2.06 bits per heavy atom. The summed E-state index contributed by atoms with van der Waals surface area (Å²) in [6.07, 6.45) is 5.78. The molecule has 1 saturated heterocycles. The molecule has 0 atom stereocenters. The van der Waals surface area contributed by atoms with Gasteiger partial charge in [0.2, 0.25) is 0 Å². The number of aliphatic hydroxyl groups excluding tert-OH is 1. The number of nitrogens with zero attached hydrogens (tertiary/aromatic N) is 3. The smallest absolute Gasteiger partial charge is 0.132 e. The minimum Gasteiger partial charge on any atom is -0.404 e. The van der Waals surface area contributed by atoms with Gasteiger partial charge in [-0.3, -0.25) is 5.41 Å². The molecule has 8 N–H and O–H groups in total. The van der Waals surface area contributed by atoms with Gasteiger partial charge in [-0.1, -0.05) is 0 Å². The van der Waals surface area contributed by atoms with Crippen LogP contribution >= 0.6 is 0 Å². The maximum absolute atomic E-state index is 13.7. The summed E-state index contributed by atoms with van der Waals surface area (Å²) in [5, 5.41) is 28.7. The van der Waals surface area contributed by atoms with Crippen LogP contribution in [0.1, 0.15) is 30.1 Å². The second-order valence-electron chi connectivity index (χ2n) is 8.28. The van der Waals surface area contributed by atoms with Gasteiger partial charge in [0.15, 0.2) is 0 Å². The fraction of sp³-hybridized carbons (Fsp3) is 0.375. The number of halogens is 1. The van der Waals surface area contributed by atoms with Crippen molar-refractivity contribution in [1.82, 2.24) is 19.8 Å². The molecule has 0 bridgehead atoms. The van der Waals surface area contributed by atoms with Gasteiger partial charge in [0, 0.05) is 62.3 Å². The second kappa shape index (κ2) is 11.0. The Morgan fingerprint density at radius 3 is 2.62 bits per heavy atom. The van der Waals surface area contributed by atoms with Gasteiger partial charge in [-0.15, -0.1) is 0 Å². The third-order valence-electron chi connectivity index (χ3n) is 6.18. The Kier molecular flexibility index (Phi) is 8.06. The SMILES string of the molecule is CN/C(N)=C(C(=N)N1CCC(c2nc(-c3ccc(F)c(C)c3)cn2CCO)CC1)/C(C=N)=C/N. The molecule has 2 heterocycles. The Balaban J connectivity index is 1.81. The number of benzene rings is 1. The van der Waals surface area contributed by atoms with Crippen LogP contribution in [-0.4, -0.2) is 58.4 Å². The van der Waals surface area contributed by atoms with Crippen molar-refractivity contribution in [2.75, 3.05) is 26.7 Å². The van der Waals surface area contributed by atoms with Crippen molar-refractivity contribution in [3.8, 4) is 11.3 Å². The van der Waals surface area contributed by atoms with E-state index in [2.05, 4.69) is 5.32 Å². The molecule has 9 nitrogen and oxygen atoms in total. The number of hydrogen-bond acceptors (Lipinski definition) is 7. The maximum atomic E-state index is 13.7. The molecule has 1 aromatic carbocycles. The first-order valence-corrected chi connectivity index (χ1v) is 11.2. The lowest BCUT2D eigenvalue weighted by atomic mass is 9.94. The van der Waals surface area contributed by atoms with Crippen molar-refractivity contribution in [3.05, 3.63) is 64.8 Å². The molecule has 1 fully saturated rings. The molecule has 0 amide bonds. The lowest BCUT2D eigenvalue weighted by Crippen LogP contribution is -2.40. The van der Waals surface area contributed by atoms with Crippen LogP contribution < -0.4 is 16.8 Å². The van der Waals surface area contributed by atoms with Crippen molar-refractivity contribution in [2.24, 2.45) is 11.5 Å². The molecular weight excluding hydrogens is 435 g/mol. The average Bonchev–Trinajstić information content (AvgIpc) is 3.27. The van der Waals surface area contributed by atoms with Crippen LogP contribution in [0.15, 0.2) is 47.6 Å². The highest BCUT2D eigenvalue weighted by Gasteiger charge is 2.28. The zero-order chi connectivity index (χ0) is 24.8. The van der Waals surface area contributed by atoms with E-state index in [9.17, 15) is 9.50 Å². The molecule has 3 rings (SSSR count). The highest BCUT2D eigenvalue weighted by Crippen LogP contribution is 2.31. The Bertz CT molecular complexity index is 1110. The van der Waals surface area contributed by atoms with Gasteiger partial charge >= 0.3 is 0 Å². The number of aryl methyl sites for hydroxylation is 1. The molecule has 0 radical (unpaired) electrons. The quantitative estimate of drug-likeness (QED) is 0.198. The van der Waals surface area contributed by atoms with Crippen molar-refractivity contribution in [2.45, 2.75) is 32.2 Å². The molecule has 182 valence electrons. The number of piperidine rings is 1. The van der Waals surface area contributed by atoms with Crippen LogP contribution in [0.5, 0.6) is 0 Å². The van der Waals surface area contributed by atoms with E-state index in [0.29, 0.717) is 36.3 Å². The summed E-state index contributed by atoms with van der Waals surface area (Å²) in [6.45, 7) is 3.36. The number of aromatic nitrogens is 2. The predicted molar refractivity (Wildman–Crippen MR) is 132 cm³/mol. The summed E-state index contributed by atoms with van der Waals surface area (Å²) in [5.74, 6) is 1.27. The van der Waals surface area contributed by atoms with Crippen LogP contribution in [0.25, 0.3) is 11.3 Å². The average molecular weight is 469 g/mol. The van der Waals surface area contributed by atoms with Crippen LogP contribution in [0.4, 0.5) is 4.39 Å². The summed E-state index contributed by atoms with van der Waals surface area (Å²) >= 11 is 0. The Hall–Kier alpha value is -3.66. The highest BCUT2D eigenvalue weighted by atomic mass is 19.1. The normalized spacial score (nSPS) is 15.8. The number of rotatable bonds is 8. The molecule has 1 aliphatic heterocycles. The molecule has 1 aromatic heterocycles. The van der Waals surface area contributed by atoms with E-state index in [1.807, 2.05) is 15.7 Å². The Labute approximate surface area is 199 Å². The fourth-order valence-corrected chi connectivity index (χ4v) is 4.25.